The molecule has 49 heavy (non-hydrogen) atoms. The van der Waals surface area contributed by atoms with E-state index in [1.54, 1.807) is 6.92 Å². The van der Waals surface area contributed by atoms with Gasteiger partial charge in [0, 0.05) is 42.7 Å². The Hall–Kier alpha value is -2.46. The summed E-state index contributed by atoms with van der Waals surface area (Å²) in [5.41, 5.74) is 2.81. The first-order chi connectivity index (χ1) is 23.2. The molecule has 7 unspecified atom stereocenters. The van der Waals surface area contributed by atoms with Gasteiger partial charge in [0.15, 0.2) is 5.79 Å². The van der Waals surface area contributed by atoms with E-state index in [9.17, 15) is 19.8 Å². The Morgan fingerprint density at radius 1 is 1.00 bits per heavy atom. The number of nitrogens with one attached hydrogen (secondary N) is 2. The van der Waals surface area contributed by atoms with E-state index in [0.29, 0.717) is 51.0 Å². The van der Waals surface area contributed by atoms with Crippen LogP contribution in [0.3, 0.4) is 0 Å². The summed E-state index contributed by atoms with van der Waals surface area (Å²) in [6.45, 7) is 15.0. The lowest BCUT2D eigenvalue weighted by Crippen LogP contribution is -2.59. The fourth-order valence-electron chi connectivity index (χ4n) is 10.4. The highest BCUT2D eigenvalue weighted by Gasteiger charge is 2.65. The van der Waals surface area contributed by atoms with Gasteiger partial charge >= 0.3 is 12.0 Å². The third-order valence-electron chi connectivity index (χ3n) is 13.3. The minimum Gasteiger partial charge on any atom is -0.466 e. The van der Waals surface area contributed by atoms with Gasteiger partial charge in [-0.2, -0.15) is 0 Å². The van der Waals surface area contributed by atoms with Crippen molar-refractivity contribution in [3.8, 4) is 0 Å². The SMILES string of the molecule is CCOC(=O)CCNC(=O)NCc1ccc(C2CC3(C)C(CCC3(O)C(C)CC)C3CCC4(O)CC5(CCC4=C23)OCC(C)(C)CO5)cc1. The van der Waals surface area contributed by atoms with E-state index in [2.05, 4.69) is 69.5 Å². The van der Waals surface area contributed by atoms with Crippen LogP contribution >= 0.6 is 0 Å². The van der Waals surface area contributed by atoms with Gasteiger partial charge in [-0.25, -0.2) is 4.79 Å². The molecule has 4 aliphatic carbocycles. The van der Waals surface area contributed by atoms with E-state index < -0.39 is 17.0 Å². The van der Waals surface area contributed by atoms with Crippen LogP contribution in [-0.4, -0.2) is 65.6 Å². The number of fused-ring (bicyclic) bond motifs is 4. The van der Waals surface area contributed by atoms with Crippen LogP contribution in [0.15, 0.2) is 35.4 Å². The molecule has 1 aliphatic heterocycles. The molecule has 5 aliphatic rings. The predicted octanol–water partition coefficient (Wildman–Crippen LogP) is 6.51. The summed E-state index contributed by atoms with van der Waals surface area (Å²) in [5.74, 6) is -0.0877. The highest BCUT2D eigenvalue weighted by atomic mass is 16.7. The number of hydrogen-bond acceptors (Lipinski definition) is 7. The van der Waals surface area contributed by atoms with Gasteiger partial charge in [-0.3, -0.25) is 4.79 Å². The first kappa shape index (κ1) is 36.3. The van der Waals surface area contributed by atoms with E-state index in [0.717, 1.165) is 50.5 Å². The number of hydrogen-bond donors (Lipinski definition) is 4. The molecule has 9 nitrogen and oxygen atoms in total. The zero-order valence-electron chi connectivity index (χ0n) is 30.7. The van der Waals surface area contributed by atoms with Crippen molar-refractivity contribution in [1.82, 2.24) is 10.6 Å². The number of amides is 2. The van der Waals surface area contributed by atoms with Crippen LogP contribution in [0.25, 0.3) is 0 Å². The average molecular weight is 681 g/mol. The molecule has 1 heterocycles. The molecule has 1 spiro atoms. The number of benzene rings is 1. The molecule has 7 atom stereocenters. The summed E-state index contributed by atoms with van der Waals surface area (Å²) in [5, 5.41) is 30.6. The molecular weight excluding hydrogens is 620 g/mol. The molecule has 9 heteroatoms. The van der Waals surface area contributed by atoms with Crippen LogP contribution < -0.4 is 10.6 Å². The molecule has 272 valence electrons. The van der Waals surface area contributed by atoms with Crippen molar-refractivity contribution in [3.05, 3.63) is 46.5 Å². The Morgan fingerprint density at radius 2 is 1.71 bits per heavy atom. The van der Waals surface area contributed by atoms with Crippen LogP contribution in [0, 0.1) is 28.6 Å². The summed E-state index contributed by atoms with van der Waals surface area (Å²) < 4.78 is 17.8. The van der Waals surface area contributed by atoms with Gasteiger partial charge in [0.25, 0.3) is 0 Å². The lowest BCUT2D eigenvalue weighted by molar-refractivity contribution is -0.322. The Kier molecular flexibility index (Phi) is 10.1. The van der Waals surface area contributed by atoms with Gasteiger partial charge in [0.2, 0.25) is 0 Å². The fraction of sp³-hybridized carbons (Fsp3) is 0.750. The molecule has 4 fully saturated rings. The normalized spacial score (nSPS) is 35.1. The summed E-state index contributed by atoms with van der Waals surface area (Å²) in [6.07, 6.45) is 7.33. The first-order valence-corrected chi connectivity index (χ1v) is 18.9. The van der Waals surface area contributed by atoms with Crippen molar-refractivity contribution in [2.75, 3.05) is 26.4 Å². The molecule has 4 N–H and O–H groups in total. The molecule has 6 rings (SSSR count). The zero-order chi connectivity index (χ0) is 35.2. The second-order valence-corrected chi connectivity index (χ2v) is 16.9. The number of ether oxygens (including phenoxy) is 3. The summed E-state index contributed by atoms with van der Waals surface area (Å²) in [6, 6.07) is 8.19. The Balaban J connectivity index is 1.27. The van der Waals surface area contributed by atoms with E-state index in [1.807, 2.05) is 0 Å². The molecule has 1 aromatic carbocycles. The maximum absolute atomic E-state index is 12.5. The quantitative estimate of drug-likeness (QED) is 0.173. The first-order valence-electron chi connectivity index (χ1n) is 18.9. The number of carbonyl (C=O) groups excluding carboxylic acids is 2. The maximum atomic E-state index is 12.5. The highest BCUT2D eigenvalue weighted by molar-refractivity contribution is 5.75. The minimum absolute atomic E-state index is 0.0340. The Morgan fingerprint density at radius 3 is 2.39 bits per heavy atom. The molecule has 1 saturated heterocycles. The minimum atomic E-state index is -0.965. The number of carbonyl (C=O) groups is 2. The Bertz CT molecular complexity index is 1410. The molecule has 2 amide bonds. The van der Waals surface area contributed by atoms with Gasteiger partial charge in [-0.05, 0) is 79.9 Å². The topological polar surface area (TPSA) is 126 Å². The number of allylic oxidation sites excluding steroid dienone is 1. The van der Waals surface area contributed by atoms with Gasteiger partial charge in [-0.15, -0.1) is 0 Å². The van der Waals surface area contributed by atoms with Crippen molar-refractivity contribution in [3.63, 3.8) is 0 Å². The van der Waals surface area contributed by atoms with Gasteiger partial charge in [-0.1, -0.05) is 70.9 Å². The van der Waals surface area contributed by atoms with Crippen molar-refractivity contribution in [2.45, 2.75) is 135 Å². The van der Waals surface area contributed by atoms with Crippen molar-refractivity contribution < 1.29 is 34.0 Å². The molecule has 0 aromatic heterocycles. The maximum Gasteiger partial charge on any atom is 0.315 e. The van der Waals surface area contributed by atoms with Crippen LogP contribution in [0.4, 0.5) is 4.79 Å². The third kappa shape index (κ3) is 6.70. The molecule has 1 aromatic rings. The smallest absolute Gasteiger partial charge is 0.315 e. The third-order valence-corrected chi connectivity index (χ3v) is 13.3. The lowest BCUT2D eigenvalue weighted by Gasteiger charge is -2.59. The monoisotopic (exact) mass is 680 g/mol. The van der Waals surface area contributed by atoms with Gasteiger partial charge < -0.3 is 35.1 Å². The van der Waals surface area contributed by atoms with Crippen LogP contribution in [0.1, 0.15) is 123 Å². The van der Waals surface area contributed by atoms with Gasteiger partial charge in [0.1, 0.15) is 0 Å². The highest BCUT2D eigenvalue weighted by Crippen LogP contribution is 2.69. The summed E-state index contributed by atoms with van der Waals surface area (Å²) in [7, 11) is 0. The molecule has 0 bridgehead atoms. The van der Waals surface area contributed by atoms with E-state index in [4.69, 9.17) is 14.2 Å². The van der Waals surface area contributed by atoms with Crippen LogP contribution in [-0.2, 0) is 25.5 Å². The summed E-state index contributed by atoms with van der Waals surface area (Å²) >= 11 is 0. The summed E-state index contributed by atoms with van der Waals surface area (Å²) in [4.78, 5) is 23.9. The molecular formula is C40H60N2O7. The van der Waals surface area contributed by atoms with Crippen LogP contribution in [0.2, 0.25) is 0 Å². The van der Waals surface area contributed by atoms with Crippen molar-refractivity contribution in [1.29, 1.82) is 0 Å². The largest absolute Gasteiger partial charge is 0.466 e. The molecule has 3 saturated carbocycles. The number of urea groups is 1. The van der Waals surface area contributed by atoms with Gasteiger partial charge in [0.05, 0.1) is 37.4 Å². The van der Waals surface area contributed by atoms with Crippen molar-refractivity contribution in [2.24, 2.45) is 28.6 Å². The second kappa shape index (κ2) is 13.6. The zero-order valence-corrected chi connectivity index (χ0v) is 30.7. The number of rotatable bonds is 9. The van der Waals surface area contributed by atoms with Crippen LogP contribution in [0.5, 0.6) is 0 Å². The second-order valence-electron chi connectivity index (χ2n) is 16.9. The number of aliphatic hydroxyl groups is 2. The Labute approximate surface area is 292 Å². The van der Waals surface area contributed by atoms with E-state index in [1.165, 1.54) is 16.7 Å². The standard InChI is InChI=1S/C40H60N2O7/c1-7-26(3)40(46)19-15-31-29-13-17-38(45)23-39(48-24-36(4,5)25-49-39)18-14-32(38)34(29)30(21-37(31,40)6)28-11-9-27(10-12-28)22-42-35(44)41-20-16-33(43)47-8-2/h9-12,26,29-31,45-46H,7-8,13-25H2,1-6H3,(H2,41,42,44). The van der Waals surface area contributed by atoms with E-state index in [-0.39, 0.29) is 47.6 Å². The van der Waals surface area contributed by atoms with E-state index >= 15 is 0 Å². The number of esters is 1. The molecule has 0 radical (unpaired) electrons. The fourth-order valence-corrected chi connectivity index (χ4v) is 10.4. The lowest BCUT2D eigenvalue weighted by atomic mass is 9.48. The predicted molar refractivity (Wildman–Crippen MR) is 187 cm³/mol. The van der Waals surface area contributed by atoms with Crippen molar-refractivity contribution >= 4 is 12.0 Å². The average Bonchev–Trinajstić information content (AvgIpc) is 3.35.